The average Bonchev–Trinajstić information content (AvgIpc) is 3.18. The lowest BCUT2D eigenvalue weighted by Gasteiger charge is -2.22. The van der Waals surface area contributed by atoms with Crippen LogP contribution in [0.25, 0.3) is 11.1 Å². The van der Waals surface area contributed by atoms with Gasteiger partial charge in [0, 0.05) is 5.92 Å². The second kappa shape index (κ2) is 10.2. The van der Waals surface area contributed by atoms with Gasteiger partial charge in [0.15, 0.2) is 0 Å². The second-order valence-electron chi connectivity index (χ2n) is 8.12. The molecule has 174 valence electrons. The Morgan fingerprint density at radius 2 is 1.41 bits per heavy atom. The first-order valence-electron chi connectivity index (χ1n) is 11.2. The maximum atomic E-state index is 12.9. The Labute approximate surface area is 197 Å². The number of carbonyl (C=O) groups excluding carboxylic acids is 2. The first-order valence-corrected chi connectivity index (χ1v) is 11.2. The lowest BCUT2D eigenvalue weighted by Crippen LogP contribution is -2.47. The molecule has 0 saturated heterocycles. The second-order valence-corrected chi connectivity index (χ2v) is 8.12. The van der Waals surface area contributed by atoms with Crippen LogP contribution in [0.15, 0.2) is 78.9 Å². The molecule has 3 aromatic rings. The van der Waals surface area contributed by atoms with Crippen LogP contribution in [0.5, 0.6) is 0 Å². The summed E-state index contributed by atoms with van der Waals surface area (Å²) in [6.07, 6.45) is -0.540. The van der Waals surface area contributed by atoms with Crippen molar-refractivity contribution in [3.8, 4) is 11.1 Å². The summed E-state index contributed by atoms with van der Waals surface area (Å²) >= 11 is 0. The van der Waals surface area contributed by atoms with Gasteiger partial charge in [-0.05, 0) is 34.2 Å². The number of hydrogen-bond donors (Lipinski definition) is 3. The van der Waals surface area contributed by atoms with Crippen LogP contribution in [0.1, 0.15) is 42.0 Å². The lowest BCUT2D eigenvalue weighted by atomic mass is 9.98. The summed E-state index contributed by atoms with van der Waals surface area (Å²) in [6.45, 7) is 1.77. The normalized spacial score (nSPS) is 13.8. The maximum absolute atomic E-state index is 12.9. The number of ether oxygens (including phenoxy) is 1. The van der Waals surface area contributed by atoms with Gasteiger partial charge in [-0.3, -0.25) is 4.79 Å². The van der Waals surface area contributed by atoms with E-state index in [9.17, 15) is 19.5 Å². The monoisotopic (exact) mass is 458 g/mol. The van der Waals surface area contributed by atoms with Gasteiger partial charge in [0.1, 0.15) is 18.7 Å². The SMILES string of the molecule is CC[C@H](NC(=O)[C@@H](NC(=O)OCC1c2ccccc2-c2ccccc21)c1ccccc1)C(=O)O. The predicted molar refractivity (Wildman–Crippen MR) is 127 cm³/mol. The Balaban J connectivity index is 1.48. The highest BCUT2D eigenvalue weighted by Crippen LogP contribution is 2.44. The largest absolute Gasteiger partial charge is 0.480 e. The molecule has 0 aromatic heterocycles. The highest BCUT2D eigenvalue weighted by atomic mass is 16.5. The van der Waals surface area contributed by atoms with Crippen LogP contribution in [0.3, 0.4) is 0 Å². The van der Waals surface area contributed by atoms with Gasteiger partial charge in [0.05, 0.1) is 0 Å². The molecule has 1 aliphatic carbocycles. The maximum Gasteiger partial charge on any atom is 0.408 e. The molecule has 3 N–H and O–H groups in total. The fourth-order valence-electron chi connectivity index (χ4n) is 4.30. The average molecular weight is 459 g/mol. The first kappa shape index (κ1) is 23.0. The molecule has 0 unspecified atom stereocenters. The third-order valence-corrected chi connectivity index (χ3v) is 6.02. The van der Waals surface area contributed by atoms with Crippen molar-refractivity contribution in [2.24, 2.45) is 0 Å². The molecule has 0 bridgehead atoms. The summed E-state index contributed by atoms with van der Waals surface area (Å²) in [7, 11) is 0. The molecule has 2 atom stereocenters. The standard InChI is InChI=1S/C27H26N2O5/c1-2-23(26(31)32)28-25(30)24(17-10-4-3-5-11-17)29-27(33)34-16-22-20-14-8-6-12-18(20)19-13-7-9-15-21(19)22/h3-15,22-24H,2,16H2,1H3,(H,28,30)(H,29,33)(H,31,32)/t23-,24-/m0/s1. The summed E-state index contributed by atoms with van der Waals surface area (Å²) in [5.41, 5.74) is 4.93. The van der Waals surface area contributed by atoms with E-state index >= 15 is 0 Å². The van der Waals surface area contributed by atoms with E-state index in [2.05, 4.69) is 22.8 Å². The molecule has 0 spiro atoms. The topological polar surface area (TPSA) is 105 Å². The summed E-state index contributed by atoms with van der Waals surface area (Å²) in [5.74, 6) is -1.86. The lowest BCUT2D eigenvalue weighted by molar-refractivity contribution is -0.142. The predicted octanol–water partition coefficient (Wildman–Crippen LogP) is 4.25. The third-order valence-electron chi connectivity index (χ3n) is 6.02. The number of carboxylic acid groups (broad SMARTS) is 1. The van der Waals surface area contributed by atoms with Gasteiger partial charge in [-0.1, -0.05) is 85.8 Å². The smallest absolute Gasteiger partial charge is 0.408 e. The van der Waals surface area contributed by atoms with Crippen molar-refractivity contribution in [3.63, 3.8) is 0 Å². The molecule has 7 heteroatoms. The number of alkyl carbamates (subject to hydrolysis) is 1. The van der Waals surface area contributed by atoms with Crippen molar-refractivity contribution in [2.45, 2.75) is 31.3 Å². The van der Waals surface area contributed by atoms with Gasteiger partial charge >= 0.3 is 12.1 Å². The molecular formula is C27H26N2O5. The van der Waals surface area contributed by atoms with Crippen molar-refractivity contribution < 1.29 is 24.2 Å². The minimum atomic E-state index is -1.14. The Morgan fingerprint density at radius 1 is 0.853 bits per heavy atom. The van der Waals surface area contributed by atoms with E-state index in [1.54, 1.807) is 37.3 Å². The van der Waals surface area contributed by atoms with E-state index in [4.69, 9.17) is 4.74 Å². The number of amides is 2. The van der Waals surface area contributed by atoms with Crippen LogP contribution < -0.4 is 10.6 Å². The highest BCUT2D eigenvalue weighted by Gasteiger charge is 2.31. The Bertz CT molecular complexity index is 1150. The summed E-state index contributed by atoms with van der Waals surface area (Å²) in [5, 5.41) is 14.4. The quantitative estimate of drug-likeness (QED) is 0.468. The molecule has 7 nitrogen and oxygen atoms in total. The van der Waals surface area contributed by atoms with E-state index in [0.29, 0.717) is 5.56 Å². The van der Waals surface area contributed by atoms with Crippen molar-refractivity contribution in [1.82, 2.24) is 10.6 Å². The summed E-state index contributed by atoms with van der Waals surface area (Å²) in [4.78, 5) is 37.0. The van der Waals surface area contributed by atoms with Gasteiger partial charge in [0.2, 0.25) is 5.91 Å². The molecule has 1 aliphatic rings. The molecule has 2 amide bonds. The number of aliphatic carboxylic acids is 1. The number of rotatable bonds is 8. The molecule has 0 aliphatic heterocycles. The number of carbonyl (C=O) groups is 3. The van der Waals surface area contributed by atoms with Crippen LogP contribution in [0, 0.1) is 0 Å². The van der Waals surface area contributed by atoms with Gasteiger partial charge in [-0.25, -0.2) is 9.59 Å². The Kier molecular flexibility index (Phi) is 6.92. The molecule has 34 heavy (non-hydrogen) atoms. The molecular weight excluding hydrogens is 432 g/mol. The van der Waals surface area contributed by atoms with Crippen molar-refractivity contribution in [2.75, 3.05) is 6.61 Å². The minimum Gasteiger partial charge on any atom is -0.480 e. The van der Waals surface area contributed by atoms with E-state index < -0.39 is 30.1 Å². The van der Waals surface area contributed by atoms with E-state index in [1.807, 2.05) is 36.4 Å². The highest BCUT2D eigenvalue weighted by molar-refractivity contribution is 5.90. The van der Waals surface area contributed by atoms with E-state index in [0.717, 1.165) is 22.3 Å². The zero-order chi connectivity index (χ0) is 24.1. The fraction of sp³-hybridized carbons (Fsp3) is 0.222. The van der Waals surface area contributed by atoms with Gasteiger partial charge in [-0.15, -0.1) is 0 Å². The van der Waals surface area contributed by atoms with Gasteiger partial charge < -0.3 is 20.5 Å². The minimum absolute atomic E-state index is 0.107. The van der Waals surface area contributed by atoms with Crippen molar-refractivity contribution in [1.29, 1.82) is 0 Å². The van der Waals surface area contributed by atoms with Crippen LogP contribution in [0.2, 0.25) is 0 Å². The third kappa shape index (κ3) is 4.78. The molecule has 0 radical (unpaired) electrons. The first-order chi connectivity index (χ1) is 16.5. The molecule has 3 aromatic carbocycles. The fourth-order valence-corrected chi connectivity index (χ4v) is 4.30. The van der Waals surface area contributed by atoms with Crippen molar-refractivity contribution in [3.05, 3.63) is 95.6 Å². The van der Waals surface area contributed by atoms with Gasteiger partial charge in [-0.2, -0.15) is 0 Å². The Hall–Kier alpha value is -4.13. The Morgan fingerprint density at radius 3 is 1.97 bits per heavy atom. The van der Waals surface area contributed by atoms with E-state index in [-0.39, 0.29) is 18.9 Å². The van der Waals surface area contributed by atoms with Crippen LogP contribution in [0.4, 0.5) is 4.79 Å². The number of nitrogens with one attached hydrogen (secondary N) is 2. The number of benzene rings is 3. The van der Waals surface area contributed by atoms with Crippen molar-refractivity contribution >= 4 is 18.0 Å². The van der Waals surface area contributed by atoms with Crippen LogP contribution in [-0.2, 0) is 14.3 Å². The summed E-state index contributed by atoms with van der Waals surface area (Å²) < 4.78 is 5.57. The number of carboxylic acids is 1. The van der Waals surface area contributed by atoms with Crippen LogP contribution in [-0.4, -0.2) is 35.7 Å². The van der Waals surface area contributed by atoms with Crippen LogP contribution >= 0.6 is 0 Å². The molecule has 0 fully saturated rings. The number of fused-ring (bicyclic) bond motifs is 3. The number of hydrogen-bond acceptors (Lipinski definition) is 4. The van der Waals surface area contributed by atoms with E-state index in [1.165, 1.54) is 0 Å². The zero-order valence-electron chi connectivity index (χ0n) is 18.7. The molecule has 0 heterocycles. The van der Waals surface area contributed by atoms with Gasteiger partial charge in [0.25, 0.3) is 0 Å². The molecule has 4 rings (SSSR count). The zero-order valence-corrected chi connectivity index (χ0v) is 18.7. The summed E-state index contributed by atoms with van der Waals surface area (Å²) in [6, 6.07) is 22.5. The molecule has 0 saturated carbocycles.